The largest absolute Gasteiger partial charge is 0.459 e. The van der Waals surface area contributed by atoms with Gasteiger partial charge in [0.15, 0.2) is 0 Å². The van der Waals surface area contributed by atoms with E-state index in [0.29, 0.717) is 17.0 Å². The van der Waals surface area contributed by atoms with Crippen molar-refractivity contribution in [2.75, 3.05) is 0 Å². The number of aromatic nitrogens is 2. The Kier molecular flexibility index (Phi) is 4.39. The van der Waals surface area contributed by atoms with E-state index in [4.69, 9.17) is 4.74 Å². The minimum atomic E-state index is -0.294. The lowest BCUT2D eigenvalue weighted by Gasteiger charge is -2.10. The van der Waals surface area contributed by atoms with Crippen LogP contribution in [0, 0.1) is 24.2 Å². The van der Waals surface area contributed by atoms with Gasteiger partial charge < -0.3 is 4.74 Å². The molecule has 0 atom stereocenters. The van der Waals surface area contributed by atoms with Crippen LogP contribution in [0.1, 0.15) is 30.8 Å². The van der Waals surface area contributed by atoms with Gasteiger partial charge in [-0.25, -0.2) is 4.68 Å². The van der Waals surface area contributed by atoms with Crippen LogP contribution >= 0.6 is 0 Å². The van der Waals surface area contributed by atoms with Crippen LogP contribution in [0.4, 0.5) is 0 Å². The van der Waals surface area contributed by atoms with Gasteiger partial charge in [-0.2, -0.15) is 10.4 Å². The molecule has 1 aromatic heterocycles. The summed E-state index contributed by atoms with van der Waals surface area (Å²) >= 11 is 0. The molecule has 2 aromatic rings. The summed E-state index contributed by atoms with van der Waals surface area (Å²) in [4.78, 5) is 11.6. The Labute approximate surface area is 123 Å². The molecule has 0 saturated carbocycles. The summed E-state index contributed by atoms with van der Waals surface area (Å²) in [5.74, 6) is -0.498. The number of nitrogens with zero attached hydrogens (tertiary/aromatic N) is 3. The highest BCUT2D eigenvalue weighted by atomic mass is 16.5. The van der Waals surface area contributed by atoms with E-state index in [1.54, 1.807) is 25.5 Å². The average molecular weight is 283 g/mol. The highest BCUT2D eigenvalue weighted by Crippen LogP contribution is 2.19. The predicted molar refractivity (Wildman–Crippen MR) is 77.7 cm³/mol. The summed E-state index contributed by atoms with van der Waals surface area (Å²) in [5.41, 5.74) is 2.50. The maximum Gasteiger partial charge on any atom is 0.308 e. The normalized spacial score (nSPS) is 10.4. The Hall–Kier alpha value is -2.61. The molecule has 0 fully saturated rings. The quantitative estimate of drug-likeness (QED) is 0.809. The molecule has 1 heterocycles. The molecule has 0 radical (unpaired) electrons. The molecule has 1 aromatic carbocycles. The zero-order valence-corrected chi connectivity index (χ0v) is 12.3. The van der Waals surface area contributed by atoms with Crippen LogP contribution in [0.3, 0.4) is 0 Å². The number of hydrogen-bond donors (Lipinski definition) is 0. The number of ether oxygens (including phenoxy) is 1. The lowest BCUT2D eigenvalue weighted by atomic mass is 10.2. The van der Waals surface area contributed by atoms with Crippen LogP contribution < -0.4 is 0 Å². The summed E-state index contributed by atoms with van der Waals surface area (Å²) < 4.78 is 6.91. The van der Waals surface area contributed by atoms with Gasteiger partial charge in [0.25, 0.3) is 0 Å². The minimum absolute atomic E-state index is 0.0373. The van der Waals surface area contributed by atoms with Gasteiger partial charge >= 0.3 is 5.97 Å². The number of rotatable bonds is 4. The Morgan fingerprint density at radius 3 is 2.62 bits per heavy atom. The topological polar surface area (TPSA) is 67.9 Å². The molecule has 0 unspecified atom stereocenters. The van der Waals surface area contributed by atoms with Crippen molar-refractivity contribution in [1.82, 2.24) is 9.78 Å². The third-order valence-electron chi connectivity index (χ3n) is 3.09. The zero-order chi connectivity index (χ0) is 15.4. The molecule has 108 valence electrons. The fourth-order valence-electron chi connectivity index (χ4n) is 1.94. The number of carbonyl (C=O) groups is 1. The zero-order valence-electron chi connectivity index (χ0n) is 12.3. The molecule has 0 N–H and O–H groups in total. The van der Waals surface area contributed by atoms with Gasteiger partial charge in [0.1, 0.15) is 18.2 Å². The molecular formula is C16H17N3O2. The van der Waals surface area contributed by atoms with Crippen molar-refractivity contribution in [1.29, 1.82) is 5.26 Å². The molecule has 2 rings (SSSR count). The predicted octanol–water partition coefficient (Wildman–Crippen LogP) is 2.75. The molecular weight excluding hydrogens is 266 g/mol. The minimum Gasteiger partial charge on any atom is -0.459 e. The molecule has 5 heteroatoms. The van der Waals surface area contributed by atoms with Crippen molar-refractivity contribution in [3.05, 3.63) is 47.3 Å². The van der Waals surface area contributed by atoms with Gasteiger partial charge in [-0.15, -0.1) is 0 Å². The monoisotopic (exact) mass is 283 g/mol. The Balaban J connectivity index is 2.39. The fraction of sp³-hybridized carbons (Fsp3) is 0.312. The summed E-state index contributed by atoms with van der Waals surface area (Å²) in [6, 6.07) is 11.6. The number of hydrogen-bond acceptors (Lipinski definition) is 4. The van der Waals surface area contributed by atoms with Crippen LogP contribution in [0.15, 0.2) is 30.3 Å². The van der Waals surface area contributed by atoms with E-state index in [1.165, 1.54) is 0 Å². The molecule has 0 spiro atoms. The Morgan fingerprint density at radius 2 is 2.05 bits per heavy atom. The van der Waals surface area contributed by atoms with E-state index in [2.05, 4.69) is 11.2 Å². The molecule has 0 saturated heterocycles. The third kappa shape index (κ3) is 3.11. The van der Waals surface area contributed by atoms with Gasteiger partial charge in [-0.3, -0.25) is 4.79 Å². The van der Waals surface area contributed by atoms with Crippen molar-refractivity contribution in [2.24, 2.45) is 5.92 Å². The van der Waals surface area contributed by atoms with Gasteiger partial charge in [-0.1, -0.05) is 32.0 Å². The van der Waals surface area contributed by atoms with E-state index in [-0.39, 0.29) is 18.5 Å². The maximum absolute atomic E-state index is 11.6. The summed E-state index contributed by atoms with van der Waals surface area (Å²) in [7, 11) is 0. The average Bonchev–Trinajstić information content (AvgIpc) is 2.81. The van der Waals surface area contributed by atoms with Crippen LogP contribution in [-0.4, -0.2) is 15.7 Å². The summed E-state index contributed by atoms with van der Waals surface area (Å²) in [6.07, 6.45) is 0. The molecule has 21 heavy (non-hydrogen) atoms. The lowest BCUT2D eigenvalue weighted by Crippen LogP contribution is -2.14. The second-order valence-corrected chi connectivity index (χ2v) is 5.03. The smallest absolute Gasteiger partial charge is 0.308 e. The first-order valence-electron chi connectivity index (χ1n) is 6.75. The second-order valence-electron chi connectivity index (χ2n) is 5.03. The van der Waals surface area contributed by atoms with Crippen molar-refractivity contribution in [3.8, 4) is 11.8 Å². The first-order valence-corrected chi connectivity index (χ1v) is 6.75. The summed E-state index contributed by atoms with van der Waals surface area (Å²) in [6.45, 7) is 5.35. The van der Waals surface area contributed by atoms with Crippen LogP contribution in [0.5, 0.6) is 0 Å². The van der Waals surface area contributed by atoms with E-state index in [9.17, 15) is 10.1 Å². The van der Waals surface area contributed by atoms with Crippen LogP contribution in [0.2, 0.25) is 0 Å². The van der Waals surface area contributed by atoms with E-state index in [0.717, 1.165) is 5.69 Å². The highest BCUT2D eigenvalue weighted by molar-refractivity contribution is 5.71. The van der Waals surface area contributed by atoms with Crippen molar-refractivity contribution in [3.63, 3.8) is 0 Å². The molecule has 0 aliphatic rings. The third-order valence-corrected chi connectivity index (χ3v) is 3.09. The Morgan fingerprint density at radius 1 is 1.38 bits per heavy atom. The van der Waals surface area contributed by atoms with Crippen LogP contribution in [-0.2, 0) is 16.1 Å². The van der Waals surface area contributed by atoms with Gasteiger partial charge in [-0.05, 0) is 19.1 Å². The highest BCUT2D eigenvalue weighted by Gasteiger charge is 2.18. The lowest BCUT2D eigenvalue weighted by molar-refractivity contribution is -0.148. The molecule has 0 bridgehead atoms. The van der Waals surface area contributed by atoms with Crippen molar-refractivity contribution >= 4 is 5.97 Å². The number of benzene rings is 1. The van der Waals surface area contributed by atoms with E-state index < -0.39 is 0 Å². The van der Waals surface area contributed by atoms with Crippen molar-refractivity contribution in [2.45, 2.75) is 27.4 Å². The van der Waals surface area contributed by atoms with E-state index in [1.807, 2.05) is 30.3 Å². The fourth-order valence-corrected chi connectivity index (χ4v) is 1.94. The van der Waals surface area contributed by atoms with Gasteiger partial charge in [0.2, 0.25) is 0 Å². The van der Waals surface area contributed by atoms with Gasteiger partial charge in [0, 0.05) is 0 Å². The summed E-state index contributed by atoms with van der Waals surface area (Å²) in [5, 5.41) is 13.7. The van der Waals surface area contributed by atoms with Crippen LogP contribution in [0.25, 0.3) is 5.69 Å². The van der Waals surface area contributed by atoms with Gasteiger partial charge in [0.05, 0.1) is 23.0 Å². The first-order chi connectivity index (χ1) is 10.0. The second kappa shape index (κ2) is 6.23. The standard InChI is InChI=1S/C16H17N3O2/c1-11(2)16(20)21-10-15-14(9-17)12(3)18-19(15)13-7-5-4-6-8-13/h4-8,11H,10H2,1-3H3. The molecule has 0 aliphatic heterocycles. The number of nitriles is 1. The number of para-hydroxylation sites is 1. The SMILES string of the molecule is Cc1nn(-c2ccccc2)c(COC(=O)C(C)C)c1C#N. The Bertz CT molecular complexity index is 682. The number of esters is 1. The molecule has 0 amide bonds. The first kappa shape index (κ1) is 14.8. The molecule has 5 nitrogen and oxygen atoms in total. The van der Waals surface area contributed by atoms with E-state index >= 15 is 0 Å². The number of aryl methyl sites for hydroxylation is 1. The number of carbonyl (C=O) groups excluding carboxylic acids is 1. The maximum atomic E-state index is 11.6. The van der Waals surface area contributed by atoms with Crippen molar-refractivity contribution < 1.29 is 9.53 Å². The molecule has 0 aliphatic carbocycles.